The zero-order valence-corrected chi connectivity index (χ0v) is 23.8. The maximum absolute atomic E-state index is 7.24. The summed E-state index contributed by atoms with van der Waals surface area (Å²) in [6.07, 6.45) is 10.9. The number of hydrogen-bond donors (Lipinski definition) is 3. The van der Waals surface area contributed by atoms with Gasteiger partial charge >= 0.3 is 0 Å². The van der Waals surface area contributed by atoms with E-state index in [2.05, 4.69) is 77.4 Å². The van der Waals surface area contributed by atoms with Crippen molar-refractivity contribution >= 4 is 0 Å². The molecular formula is C28H59N5. The van der Waals surface area contributed by atoms with Crippen molar-refractivity contribution in [1.82, 2.24) is 15.1 Å². The lowest BCUT2D eigenvalue weighted by Gasteiger charge is -2.60. The van der Waals surface area contributed by atoms with Crippen molar-refractivity contribution in [2.75, 3.05) is 19.6 Å². The SMILES string of the molecule is CCCCNC1CC(C)(C)N(C(N)C(C)(C)CC(CC(C)(C)N)N2CCCCC2)C(C)(C)C1. The molecule has 5 nitrogen and oxygen atoms in total. The average Bonchev–Trinajstić information content (AvgIpc) is 2.65. The number of hydrogen-bond acceptors (Lipinski definition) is 5. The second kappa shape index (κ2) is 11.2. The number of unbranched alkanes of at least 4 members (excludes halogenated alkanes) is 1. The smallest absolute Gasteiger partial charge is 0.0634 e. The van der Waals surface area contributed by atoms with Gasteiger partial charge in [-0.3, -0.25) is 4.90 Å². The maximum atomic E-state index is 7.24. The van der Waals surface area contributed by atoms with Crippen molar-refractivity contribution in [2.24, 2.45) is 16.9 Å². The molecule has 0 aromatic carbocycles. The minimum Gasteiger partial charge on any atom is -0.326 e. The molecule has 5 N–H and O–H groups in total. The third-order valence-electron chi connectivity index (χ3n) is 8.27. The molecule has 2 fully saturated rings. The third-order valence-corrected chi connectivity index (χ3v) is 8.27. The molecule has 2 aliphatic heterocycles. The number of likely N-dealkylation sites (tertiary alicyclic amines) is 2. The van der Waals surface area contributed by atoms with Crippen LogP contribution in [0.1, 0.15) is 120 Å². The summed E-state index contributed by atoms with van der Waals surface area (Å²) in [6, 6.07) is 1.05. The van der Waals surface area contributed by atoms with Gasteiger partial charge in [-0.15, -0.1) is 0 Å². The fraction of sp³-hybridized carbons (Fsp3) is 1.00. The molecule has 2 heterocycles. The lowest BCUT2D eigenvalue weighted by molar-refractivity contribution is -0.108. The first-order valence-corrected chi connectivity index (χ1v) is 13.9. The standard InChI is InChI=1S/C28H59N5/c1-10-11-15-31-22-18-27(6,7)33(28(8,9)19-22)24(29)25(2,3)20-23(21-26(4,5)30)32-16-13-12-14-17-32/h22-24,31H,10-21,29-30H2,1-9H3. The predicted molar refractivity (Wildman–Crippen MR) is 144 cm³/mol. The van der Waals surface area contributed by atoms with Crippen LogP contribution >= 0.6 is 0 Å². The largest absolute Gasteiger partial charge is 0.326 e. The molecule has 0 bridgehead atoms. The van der Waals surface area contributed by atoms with Crippen LogP contribution < -0.4 is 16.8 Å². The Hall–Kier alpha value is -0.200. The normalized spacial score (nSPS) is 25.2. The maximum Gasteiger partial charge on any atom is 0.0634 e. The first kappa shape index (κ1) is 29.0. The van der Waals surface area contributed by atoms with Crippen molar-refractivity contribution in [3.63, 3.8) is 0 Å². The Balaban J connectivity index is 2.20. The molecule has 0 radical (unpaired) electrons. The van der Waals surface area contributed by atoms with Crippen LogP contribution in [0.15, 0.2) is 0 Å². The van der Waals surface area contributed by atoms with Crippen LogP contribution in [0.3, 0.4) is 0 Å². The summed E-state index contributed by atoms with van der Waals surface area (Å²) < 4.78 is 0. The molecule has 0 saturated carbocycles. The number of nitrogens with one attached hydrogen (secondary N) is 1. The van der Waals surface area contributed by atoms with Crippen LogP contribution in [0.4, 0.5) is 0 Å². The van der Waals surface area contributed by atoms with Gasteiger partial charge in [0.25, 0.3) is 0 Å². The van der Waals surface area contributed by atoms with Crippen molar-refractivity contribution in [3.05, 3.63) is 0 Å². The highest BCUT2D eigenvalue weighted by Crippen LogP contribution is 2.44. The Morgan fingerprint density at radius 1 is 0.939 bits per heavy atom. The van der Waals surface area contributed by atoms with Gasteiger partial charge in [-0.25, -0.2) is 0 Å². The Labute approximate surface area is 206 Å². The minimum atomic E-state index is -0.163. The molecule has 2 saturated heterocycles. The van der Waals surface area contributed by atoms with E-state index in [-0.39, 0.29) is 28.2 Å². The molecule has 2 aliphatic rings. The van der Waals surface area contributed by atoms with E-state index < -0.39 is 0 Å². The highest BCUT2D eigenvalue weighted by molar-refractivity contribution is 5.06. The molecule has 0 aromatic rings. The molecular weight excluding hydrogens is 406 g/mol. The number of nitrogens with zero attached hydrogens (tertiary/aromatic N) is 2. The van der Waals surface area contributed by atoms with Gasteiger partial charge in [-0.1, -0.05) is 33.6 Å². The topological polar surface area (TPSA) is 70.5 Å². The minimum absolute atomic E-state index is 0.00673. The van der Waals surface area contributed by atoms with E-state index in [1.807, 2.05) is 0 Å². The average molecular weight is 466 g/mol. The van der Waals surface area contributed by atoms with Crippen LogP contribution in [-0.4, -0.2) is 64.3 Å². The quantitative estimate of drug-likeness (QED) is 0.371. The predicted octanol–water partition coefficient (Wildman–Crippen LogP) is 5.08. The fourth-order valence-corrected chi connectivity index (χ4v) is 6.97. The molecule has 2 atom stereocenters. The molecule has 2 unspecified atom stereocenters. The van der Waals surface area contributed by atoms with Gasteiger partial charge in [0.1, 0.15) is 0 Å². The summed E-state index contributed by atoms with van der Waals surface area (Å²) in [5.74, 6) is 0. The zero-order valence-electron chi connectivity index (χ0n) is 23.8. The lowest BCUT2D eigenvalue weighted by atomic mass is 9.71. The molecule has 0 aliphatic carbocycles. The van der Waals surface area contributed by atoms with Crippen LogP contribution in [0.2, 0.25) is 0 Å². The van der Waals surface area contributed by atoms with Gasteiger partial charge < -0.3 is 21.7 Å². The summed E-state index contributed by atoms with van der Waals surface area (Å²) >= 11 is 0. The Bertz CT molecular complexity index is 568. The van der Waals surface area contributed by atoms with E-state index >= 15 is 0 Å². The van der Waals surface area contributed by atoms with Gasteiger partial charge in [0, 0.05) is 28.7 Å². The number of rotatable bonds is 11. The molecule has 0 aromatic heterocycles. The highest BCUT2D eigenvalue weighted by atomic mass is 15.3. The van der Waals surface area contributed by atoms with Crippen LogP contribution in [0.5, 0.6) is 0 Å². The van der Waals surface area contributed by atoms with E-state index in [4.69, 9.17) is 11.5 Å². The van der Waals surface area contributed by atoms with Crippen LogP contribution in [-0.2, 0) is 0 Å². The van der Waals surface area contributed by atoms with Crippen LogP contribution in [0, 0.1) is 5.41 Å². The first-order valence-electron chi connectivity index (χ1n) is 13.9. The van der Waals surface area contributed by atoms with E-state index in [0.717, 1.165) is 32.2 Å². The van der Waals surface area contributed by atoms with Crippen LogP contribution in [0.25, 0.3) is 0 Å². The summed E-state index contributed by atoms with van der Waals surface area (Å²) in [5.41, 5.74) is 13.7. The number of piperidine rings is 2. The van der Waals surface area contributed by atoms with Gasteiger partial charge in [-0.05, 0) is 112 Å². The van der Waals surface area contributed by atoms with Crippen molar-refractivity contribution in [1.29, 1.82) is 0 Å². The van der Waals surface area contributed by atoms with Gasteiger partial charge in [0.15, 0.2) is 0 Å². The van der Waals surface area contributed by atoms with Crippen molar-refractivity contribution < 1.29 is 0 Å². The van der Waals surface area contributed by atoms with Gasteiger partial charge in [-0.2, -0.15) is 0 Å². The molecule has 2 rings (SSSR count). The fourth-order valence-electron chi connectivity index (χ4n) is 6.97. The summed E-state index contributed by atoms with van der Waals surface area (Å²) in [7, 11) is 0. The third kappa shape index (κ3) is 8.17. The molecule has 33 heavy (non-hydrogen) atoms. The Morgan fingerprint density at radius 2 is 1.48 bits per heavy atom. The van der Waals surface area contributed by atoms with Gasteiger partial charge in [0.05, 0.1) is 6.17 Å². The highest BCUT2D eigenvalue weighted by Gasteiger charge is 2.51. The Kier molecular flexibility index (Phi) is 9.89. The Morgan fingerprint density at radius 3 is 1.97 bits per heavy atom. The first-order chi connectivity index (χ1) is 15.1. The molecule has 196 valence electrons. The monoisotopic (exact) mass is 465 g/mol. The molecule has 0 amide bonds. The van der Waals surface area contributed by atoms with E-state index in [1.165, 1.54) is 45.2 Å². The number of nitrogens with two attached hydrogens (primary N) is 2. The van der Waals surface area contributed by atoms with E-state index in [9.17, 15) is 0 Å². The summed E-state index contributed by atoms with van der Waals surface area (Å²) in [4.78, 5) is 5.38. The summed E-state index contributed by atoms with van der Waals surface area (Å²) in [6.45, 7) is 24.6. The van der Waals surface area contributed by atoms with E-state index in [1.54, 1.807) is 0 Å². The second-order valence-corrected chi connectivity index (χ2v) is 14.0. The zero-order chi connectivity index (χ0) is 25.1. The summed E-state index contributed by atoms with van der Waals surface area (Å²) in [5, 5.41) is 3.84. The van der Waals surface area contributed by atoms with E-state index in [0.29, 0.717) is 12.1 Å². The second-order valence-electron chi connectivity index (χ2n) is 14.0. The molecule has 0 spiro atoms. The lowest BCUT2D eigenvalue weighted by Crippen LogP contribution is -2.71. The van der Waals surface area contributed by atoms with Gasteiger partial charge in [0.2, 0.25) is 0 Å². The van der Waals surface area contributed by atoms with Crippen molar-refractivity contribution in [3.8, 4) is 0 Å². The molecule has 5 heteroatoms. The van der Waals surface area contributed by atoms with Crippen molar-refractivity contribution in [2.45, 2.75) is 155 Å².